The third-order valence-electron chi connectivity index (χ3n) is 12.7. The van der Waals surface area contributed by atoms with Gasteiger partial charge in [-0.3, -0.25) is 4.90 Å². The third kappa shape index (κ3) is 14.2. The average Bonchev–Trinajstić information content (AvgIpc) is 3.24. The van der Waals surface area contributed by atoms with Gasteiger partial charge in [0.1, 0.15) is 30.8 Å². The number of anilines is 1. The summed E-state index contributed by atoms with van der Waals surface area (Å²) in [6.45, 7) is 25.5. The number of likely N-dealkylation sites (tertiary alicyclic amines) is 1. The predicted octanol–water partition coefficient (Wildman–Crippen LogP) is 7.03. The predicted molar refractivity (Wildman–Crippen MR) is 242 cm³/mol. The van der Waals surface area contributed by atoms with Crippen LogP contribution < -0.4 is 14.4 Å². The number of methoxy groups -OCH3 is 1. The molecule has 0 N–H and O–H groups in total. The van der Waals surface area contributed by atoms with Gasteiger partial charge in [-0.1, -0.05) is 36.8 Å². The van der Waals surface area contributed by atoms with Crippen LogP contribution in [0.25, 0.3) is 11.1 Å². The van der Waals surface area contributed by atoms with Crippen molar-refractivity contribution >= 4 is 5.69 Å². The quantitative estimate of drug-likeness (QED) is 0.0989. The molecule has 10 nitrogen and oxygen atoms in total. The van der Waals surface area contributed by atoms with Crippen molar-refractivity contribution in [2.75, 3.05) is 137 Å². The normalized spacial score (nSPS) is 19.6. The Bertz CT molecular complexity index is 1660. The highest BCUT2D eigenvalue weighted by Crippen LogP contribution is 2.33. The van der Waals surface area contributed by atoms with Gasteiger partial charge in [-0.2, -0.15) is 0 Å². The smallest absolute Gasteiger partial charge is 0.120 e. The van der Waals surface area contributed by atoms with Crippen LogP contribution in [0.2, 0.25) is 0 Å². The molecule has 0 radical (unpaired) electrons. The minimum Gasteiger partial charge on any atom is -0.491 e. The zero-order valence-corrected chi connectivity index (χ0v) is 37.3. The minimum atomic E-state index is -0.122. The van der Waals surface area contributed by atoms with Crippen molar-refractivity contribution < 1.29 is 23.7 Å². The van der Waals surface area contributed by atoms with E-state index in [0.717, 1.165) is 120 Å². The van der Waals surface area contributed by atoms with E-state index in [1.165, 1.54) is 48.3 Å². The number of ether oxygens (including phenoxy) is 5. The summed E-state index contributed by atoms with van der Waals surface area (Å²) in [5.74, 6) is 2.57. The van der Waals surface area contributed by atoms with Gasteiger partial charge in [0, 0.05) is 91.5 Å². The van der Waals surface area contributed by atoms with E-state index in [1.54, 1.807) is 7.11 Å². The molecule has 0 aliphatic carbocycles. The van der Waals surface area contributed by atoms with Gasteiger partial charge >= 0.3 is 0 Å². The van der Waals surface area contributed by atoms with Gasteiger partial charge in [0.2, 0.25) is 0 Å². The lowest BCUT2D eigenvalue weighted by atomic mass is 9.96. The van der Waals surface area contributed by atoms with E-state index in [1.807, 2.05) is 0 Å². The van der Waals surface area contributed by atoms with Crippen LogP contribution in [-0.2, 0) is 14.2 Å². The van der Waals surface area contributed by atoms with Crippen molar-refractivity contribution in [3.8, 4) is 22.6 Å². The number of benzene rings is 3. The van der Waals surface area contributed by atoms with E-state index in [4.69, 9.17) is 23.7 Å². The van der Waals surface area contributed by atoms with Crippen molar-refractivity contribution in [1.29, 1.82) is 0 Å². The maximum atomic E-state index is 6.95. The molecule has 2 atom stereocenters. The molecule has 3 saturated heterocycles. The summed E-state index contributed by atoms with van der Waals surface area (Å²) in [7, 11) is 4.01. The lowest BCUT2D eigenvalue weighted by molar-refractivity contribution is -0.0143. The summed E-state index contributed by atoms with van der Waals surface area (Å²) in [6, 6.07) is 22.0. The Morgan fingerprint density at radius 3 is 1.95 bits per heavy atom. The first-order valence-corrected chi connectivity index (χ1v) is 22.6. The topological polar surface area (TPSA) is 62.4 Å². The molecule has 3 aromatic rings. The summed E-state index contributed by atoms with van der Waals surface area (Å²) >= 11 is 0. The van der Waals surface area contributed by atoms with Crippen LogP contribution in [0.3, 0.4) is 0 Å². The largest absolute Gasteiger partial charge is 0.491 e. The van der Waals surface area contributed by atoms with Gasteiger partial charge < -0.3 is 43.3 Å². The molecule has 2 unspecified atom stereocenters. The number of aryl methyl sites for hydroxylation is 3. The monoisotopic (exact) mass is 814 g/mol. The van der Waals surface area contributed by atoms with Gasteiger partial charge in [-0.05, 0) is 131 Å². The number of hydrogen-bond acceptors (Lipinski definition) is 10. The fourth-order valence-corrected chi connectivity index (χ4v) is 8.68. The first-order chi connectivity index (χ1) is 28.7. The second kappa shape index (κ2) is 23.7. The van der Waals surface area contributed by atoms with Crippen LogP contribution in [0, 0.1) is 26.7 Å². The summed E-state index contributed by atoms with van der Waals surface area (Å²) in [5, 5.41) is 0. The lowest BCUT2D eigenvalue weighted by Gasteiger charge is -2.46. The highest BCUT2D eigenvalue weighted by molar-refractivity contribution is 5.73. The molecule has 326 valence electrons. The summed E-state index contributed by atoms with van der Waals surface area (Å²) in [6.07, 6.45) is 4.49. The van der Waals surface area contributed by atoms with Gasteiger partial charge in [-0.25, -0.2) is 0 Å². The van der Waals surface area contributed by atoms with Gasteiger partial charge in [0.25, 0.3) is 0 Å². The van der Waals surface area contributed by atoms with Crippen LogP contribution in [0.4, 0.5) is 5.69 Å². The highest BCUT2D eigenvalue weighted by Gasteiger charge is 2.35. The van der Waals surface area contributed by atoms with Crippen molar-refractivity contribution in [3.63, 3.8) is 0 Å². The molecule has 3 aliphatic heterocycles. The van der Waals surface area contributed by atoms with Gasteiger partial charge in [0.05, 0.1) is 19.3 Å². The summed E-state index contributed by atoms with van der Waals surface area (Å²) in [4.78, 5) is 12.7. The zero-order valence-electron chi connectivity index (χ0n) is 37.3. The van der Waals surface area contributed by atoms with E-state index >= 15 is 0 Å². The molecular formula is C49H75N5O5. The SMILES string of the molecule is COCCCN1CCN(c2ccc(C)cc2)C(C(COc2ccc(C)c(-c3cc(OCCOCCN4CCC(C)CC4)ccc3C)c2)OCCCN2CCN(C)CC2)C1. The molecule has 0 saturated carbocycles. The molecule has 0 spiro atoms. The summed E-state index contributed by atoms with van der Waals surface area (Å²) < 4.78 is 31.4. The fourth-order valence-electron chi connectivity index (χ4n) is 8.68. The van der Waals surface area contributed by atoms with Crippen molar-refractivity contribution in [3.05, 3.63) is 77.4 Å². The molecular weight excluding hydrogens is 739 g/mol. The van der Waals surface area contributed by atoms with E-state index in [-0.39, 0.29) is 12.1 Å². The number of likely N-dealkylation sites (N-methyl/N-ethyl adjacent to an activating group) is 1. The van der Waals surface area contributed by atoms with Crippen LogP contribution in [0.15, 0.2) is 60.7 Å². The summed E-state index contributed by atoms with van der Waals surface area (Å²) in [5.41, 5.74) is 7.24. The first-order valence-electron chi connectivity index (χ1n) is 22.6. The fraction of sp³-hybridized carbons (Fsp3) is 0.633. The maximum absolute atomic E-state index is 6.95. The number of piperazine rings is 2. The molecule has 0 amide bonds. The Kier molecular flexibility index (Phi) is 18.2. The lowest BCUT2D eigenvalue weighted by Crippen LogP contribution is -2.60. The molecule has 3 aromatic carbocycles. The van der Waals surface area contributed by atoms with Crippen LogP contribution in [0.1, 0.15) is 49.3 Å². The Hall–Kier alpha value is -3.22. The molecule has 3 fully saturated rings. The van der Waals surface area contributed by atoms with E-state index < -0.39 is 0 Å². The van der Waals surface area contributed by atoms with Crippen LogP contribution in [-0.4, -0.2) is 164 Å². The Morgan fingerprint density at radius 1 is 0.627 bits per heavy atom. The van der Waals surface area contributed by atoms with Gasteiger partial charge in [0.15, 0.2) is 0 Å². The maximum Gasteiger partial charge on any atom is 0.120 e. The van der Waals surface area contributed by atoms with E-state index in [2.05, 4.69) is 120 Å². The minimum absolute atomic E-state index is 0.122. The average molecular weight is 814 g/mol. The van der Waals surface area contributed by atoms with Crippen molar-refractivity contribution in [1.82, 2.24) is 19.6 Å². The van der Waals surface area contributed by atoms with E-state index in [9.17, 15) is 0 Å². The molecule has 10 heteroatoms. The van der Waals surface area contributed by atoms with Crippen LogP contribution >= 0.6 is 0 Å². The second-order valence-electron chi connectivity index (χ2n) is 17.4. The van der Waals surface area contributed by atoms with Crippen LogP contribution in [0.5, 0.6) is 11.5 Å². The molecule has 6 rings (SSSR count). The van der Waals surface area contributed by atoms with E-state index in [0.29, 0.717) is 26.4 Å². The molecule has 59 heavy (non-hydrogen) atoms. The molecule has 3 aliphatic rings. The highest BCUT2D eigenvalue weighted by atomic mass is 16.5. The first kappa shape index (κ1) is 45.3. The van der Waals surface area contributed by atoms with Crippen molar-refractivity contribution in [2.45, 2.75) is 65.5 Å². The number of rotatable bonds is 22. The Labute approximate surface area is 356 Å². The zero-order chi connectivity index (χ0) is 41.4. The molecule has 3 heterocycles. The Morgan fingerprint density at radius 2 is 1.25 bits per heavy atom. The third-order valence-corrected chi connectivity index (χ3v) is 12.7. The van der Waals surface area contributed by atoms with Crippen molar-refractivity contribution in [2.24, 2.45) is 5.92 Å². The number of hydrogen-bond donors (Lipinski definition) is 0. The molecule has 0 bridgehead atoms. The molecule has 0 aromatic heterocycles. The standard InChI is InChI=1S/C49H75N5O5/c1-39-9-13-43(14-10-39)54-28-27-53(20-7-30-55-6)37-48(54)49(58-31-8-19-51-25-23-50(5)24-26-51)38-59-45-16-12-42(4)47(36-45)46-35-44(15-11-41(46)3)57-34-33-56-32-29-52-21-17-40(2)18-22-52/h9-16,35-36,40,48-49H,7-8,17-34,37-38H2,1-6H3. The second-order valence-corrected chi connectivity index (χ2v) is 17.4. The number of piperidine rings is 1. The number of nitrogens with zero attached hydrogens (tertiary/aromatic N) is 5. The van der Waals surface area contributed by atoms with Gasteiger partial charge in [-0.15, -0.1) is 0 Å². The Balaban J connectivity index is 1.12.